The van der Waals surface area contributed by atoms with Crippen LogP contribution in [0.5, 0.6) is 0 Å². The fourth-order valence-corrected chi connectivity index (χ4v) is 3.82. The normalized spacial score (nSPS) is 12.3. The maximum atomic E-state index is 3.59. The first-order valence-electron chi connectivity index (χ1n) is 7.03. The Balaban J connectivity index is 1.93. The zero-order valence-corrected chi connectivity index (χ0v) is 16.0. The minimum atomic E-state index is 0.484. The predicted molar refractivity (Wildman–Crippen MR) is 100 cm³/mol. The molecule has 0 fully saturated rings. The molecule has 112 valence electrons. The lowest BCUT2D eigenvalue weighted by molar-refractivity contribution is 0.572. The summed E-state index contributed by atoms with van der Waals surface area (Å²) in [7, 11) is 0. The zero-order valence-electron chi connectivity index (χ0n) is 12.0. The van der Waals surface area contributed by atoms with Crippen molar-refractivity contribution in [3.05, 3.63) is 63.0 Å². The van der Waals surface area contributed by atoms with Gasteiger partial charge in [0.05, 0.1) is 0 Å². The summed E-state index contributed by atoms with van der Waals surface area (Å²) < 4.78 is 2.28. The average Bonchev–Trinajstić information content (AvgIpc) is 2.47. The van der Waals surface area contributed by atoms with Crippen LogP contribution in [0.2, 0.25) is 0 Å². The third-order valence-corrected chi connectivity index (χ3v) is 5.33. The Kier molecular flexibility index (Phi) is 7.30. The highest BCUT2D eigenvalue weighted by Gasteiger charge is 2.09. The predicted octanol–water partition coefficient (Wildman–Crippen LogP) is 5.52. The molecule has 2 rings (SSSR count). The minimum Gasteiger partial charge on any atom is -0.313 e. The molecule has 0 heterocycles. The van der Waals surface area contributed by atoms with Crippen molar-refractivity contribution >= 4 is 43.6 Å². The van der Waals surface area contributed by atoms with E-state index < -0.39 is 0 Å². The molecule has 0 bridgehead atoms. The van der Waals surface area contributed by atoms with E-state index in [4.69, 9.17) is 0 Å². The SMILES string of the molecule is CCNC(CSc1ccc(Br)cc1)Cc1cccc(Br)c1. The van der Waals surface area contributed by atoms with E-state index in [9.17, 15) is 0 Å². The Labute approximate surface area is 148 Å². The lowest BCUT2D eigenvalue weighted by Crippen LogP contribution is -2.33. The molecule has 0 radical (unpaired) electrons. The van der Waals surface area contributed by atoms with Crippen molar-refractivity contribution in [2.75, 3.05) is 12.3 Å². The third-order valence-electron chi connectivity index (χ3n) is 3.13. The van der Waals surface area contributed by atoms with Crippen molar-refractivity contribution in [1.82, 2.24) is 5.32 Å². The number of halogens is 2. The maximum Gasteiger partial charge on any atom is 0.0201 e. The summed E-state index contributed by atoms with van der Waals surface area (Å²) in [5.41, 5.74) is 1.37. The first-order valence-corrected chi connectivity index (χ1v) is 9.60. The Hall–Kier alpha value is -0.290. The van der Waals surface area contributed by atoms with Gasteiger partial charge in [-0.25, -0.2) is 0 Å². The number of rotatable bonds is 7. The second-order valence-electron chi connectivity index (χ2n) is 4.85. The standard InChI is InChI=1S/C17H19Br2NS/c1-2-20-16(11-13-4-3-5-15(19)10-13)12-21-17-8-6-14(18)7-9-17/h3-10,16,20H,2,11-12H2,1H3. The summed E-state index contributed by atoms with van der Waals surface area (Å²) >= 11 is 8.92. The van der Waals surface area contributed by atoms with Crippen LogP contribution >= 0.6 is 43.6 Å². The number of hydrogen-bond acceptors (Lipinski definition) is 2. The molecule has 0 aliphatic carbocycles. The molecular formula is C17H19Br2NS. The van der Waals surface area contributed by atoms with E-state index >= 15 is 0 Å². The lowest BCUT2D eigenvalue weighted by atomic mass is 10.1. The quantitative estimate of drug-likeness (QED) is 0.582. The van der Waals surface area contributed by atoms with Crippen LogP contribution in [0.3, 0.4) is 0 Å². The van der Waals surface area contributed by atoms with Gasteiger partial charge in [0, 0.05) is 25.6 Å². The summed E-state index contributed by atoms with van der Waals surface area (Å²) in [6.07, 6.45) is 1.05. The monoisotopic (exact) mass is 427 g/mol. The summed E-state index contributed by atoms with van der Waals surface area (Å²) in [6, 6.07) is 17.6. The van der Waals surface area contributed by atoms with Crippen LogP contribution in [0.25, 0.3) is 0 Å². The molecule has 0 saturated heterocycles. The van der Waals surface area contributed by atoms with Crippen LogP contribution < -0.4 is 5.32 Å². The fraction of sp³-hybridized carbons (Fsp3) is 0.294. The summed E-state index contributed by atoms with van der Waals surface area (Å²) in [4.78, 5) is 1.32. The summed E-state index contributed by atoms with van der Waals surface area (Å²) in [6.45, 7) is 3.16. The van der Waals surface area contributed by atoms with E-state index in [2.05, 4.69) is 92.6 Å². The number of thioether (sulfide) groups is 1. The first kappa shape index (κ1) is 17.1. The van der Waals surface area contributed by atoms with Crippen LogP contribution in [0.4, 0.5) is 0 Å². The van der Waals surface area contributed by atoms with Crippen molar-refractivity contribution < 1.29 is 0 Å². The summed E-state index contributed by atoms with van der Waals surface area (Å²) in [5.74, 6) is 1.07. The second kappa shape index (κ2) is 8.99. The van der Waals surface area contributed by atoms with E-state index in [1.165, 1.54) is 10.5 Å². The van der Waals surface area contributed by atoms with Gasteiger partial charge in [-0.1, -0.05) is 50.9 Å². The van der Waals surface area contributed by atoms with Gasteiger partial charge in [0.25, 0.3) is 0 Å². The van der Waals surface area contributed by atoms with Crippen molar-refractivity contribution in [3.63, 3.8) is 0 Å². The van der Waals surface area contributed by atoms with Gasteiger partial charge in [-0.05, 0) is 54.9 Å². The van der Waals surface area contributed by atoms with Crippen molar-refractivity contribution in [2.45, 2.75) is 24.3 Å². The minimum absolute atomic E-state index is 0.484. The smallest absolute Gasteiger partial charge is 0.0201 e. The lowest BCUT2D eigenvalue weighted by Gasteiger charge is -2.18. The van der Waals surface area contributed by atoms with Crippen LogP contribution in [0.15, 0.2) is 62.4 Å². The van der Waals surface area contributed by atoms with E-state index in [-0.39, 0.29) is 0 Å². The highest BCUT2D eigenvalue weighted by Crippen LogP contribution is 2.22. The van der Waals surface area contributed by atoms with Gasteiger partial charge in [-0.2, -0.15) is 0 Å². The van der Waals surface area contributed by atoms with E-state index in [0.29, 0.717) is 6.04 Å². The number of nitrogens with one attached hydrogen (secondary N) is 1. The highest BCUT2D eigenvalue weighted by atomic mass is 79.9. The number of likely N-dealkylation sites (N-methyl/N-ethyl adjacent to an activating group) is 1. The van der Waals surface area contributed by atoms with Crippen LogP contribution in [-0.2, 0) is 6.42 Å². The van der Waals surface area contributed by atoms with Gasteiger partial charge in [0.2, 0.25) is 0 Å². The van der Waals surface area contributed by atoms with E-state index in [1.807, 2.05) is 11.8 Å². The molecule has 0 spiro atoms. The molecule has 4 heteroatoms. The van der Waals surface area contributed by atoms with Gasteiger partial charge in [-0.3, -0.25) is 0 Å². The first-order chi connectivity index (χ1) is 10.2. The molecule has 1 nitrogen and oxygen atoms in total. The van der Waals surface area contributed by atoms with E-state index in [1.54, 1.807) is 0 Å². The second-order valence-corrected chi connectivity index (χ2v) is 7.78. The Morgan fingerprint density at radius 3 is 2.48 bits per heavy atom. The Bertz CT molecular complexity index is 557. The van der Waals surface area contributed by atoms with Gasteiger partial charge in [0.1, 0.15) is 0 Å². The van der Waals surface area contributed by atoms with Crippen LogP contribution in [0, 0.1) is 0 Å². The highest BCUT2D eigenvalue weighted by molar-refractivity contribution is 9.10. The van der Waals surface area contributed by atoms with Gasteiger partial charge in [0.15, 0.2) is 0 Å². The molecule has 1 unspecified atom stereocenters. The molecule has 0 aliphatic heterocycles. The molecular weight excluding hydrogens is 410 g/mol. The number of hydrogen-bond donors (Lipinski definition) is 1. The van der Waals surface area contributed by atoms with E-state index in [0.717, 1.165) is 27.7 Å². The molecule has 1 atom stereocenters. The molecule has 2 aromatic carbocycles. The Morgan fingerprint density at radius 2 is 1.81 bits per heavy atom. The van der Waals surface area contributed by atoms with Crippen molar-refractivity contribution in [1.29, 1.82) is 0 Å². The zero-order chi connectivity index (χ0) is 15.1. The fourth-order valence-electron chi connectivity index (χ4n) is 2.15. The molecule has 21 heavy (non-hydrogen) atoms. The topological polar surface area (TPSA) is 12.0 Å². The molecule has 0 aromatic heterocycles. The van der Waals surface area contributed by atoms with Gasteiger partial charge < -0.3 is 5.32 Å². The molecule has 2 aromatic rings. The molecule has 0 amide bonds. The average molecular weight is 429 g/mol. The van der Waals surface area contributed by atoms with Crippen LogP contribution in [-0.4, -0.2) is 18.3 Å². The van der Waals surface area contributed by atoms with Gasteiger partial charge >= 0.3 is 0 Å². The maximum absolute atomic E-state index is 3.59. The van der Waals surface area contributed by atoms with Crippen molar-refractivity contribution in [2.24, 2.45) is 0 Å². The largest absolute Gasteiger partial charge is 0.313 e. The van der Waals surface area contributed by atoms with Crippen LogP contribution in [0.1, 0.15) is 12.5 Å². The molecule has 0 saturated carbocycles. The third kappa shape index (κ3) is 6.15. The van der Waals surface area contributed by atoms with Gasteiger partial charge in [-0.15, -0.1) is 11.8 Å². The van der Waals surface area contributed by atoms with Crippen molar-refractivity contribution in [3.8, 4) is 0 Å². The molecule has 1 N–H and O–H groups in total. The Morgan fingerprint density at radius 1 is 1.05 bits per heavy atom. The number of benzene rings is 2. The summed E-state index contributed by atoms with van der Waals surface area (Å²) in [5, 5.41) is 3.59. The molecule has 0 aliphatic rings.